The molecule has 3 nitrogen and oxygen atoms in total. The van der Waals surface area contributed by atoms with E-state index in [-0.39, 0.29) is 5.92 Å². The van der Waals surface area contributed by atoms with Crippen molar-refractivity contribution in [3.05, 3.63) is 58.6 Å². The van der Waals surface area contributed by atoms with Gasteiger partial charge in [0.05, 0.1) is 5.69 Å². The first kappa shape index (κ1) is 13.7. The van der Waals surface area contributed by atoms with Gasteiger partial charge in [-0.05, 0) is 36.6 Å². The van der Waals surface area contributed by atoms with Crippen LogP contribution in [-0.4, -0.2) is 15.0 Å². The fourth-order valence-corrected chi connectivity index (χ4v) is 2.46. The maximum atomic E-state index is 6.05. The second-order valence-electron chi connectivity index (χ2n) is 4.87. The van der Waals surface area contributed by atoms with Gasteiger partial charge in [0.25, 0.3) is 0 Å². The molecule has 1 aromatic carbocycles. The van der Waals surface area contributed by atoms with Crippen molar-refractivity contribution in [2.24, 2.45) is 0 Å². The summed E-state index contributed by atoms with van der Waals surface area (Å²) in [5.74, 6) is 6.71. The van der Waals surface area contributed by atoms with Crippen LogP contribution in [0.15, 0.2) is 36.5 Å². The van der Waals surface area contributed by atoms with Gasteiger partial charge in [-0.2, -0.15) is 0 Å². The van der Waals surface area contributed by atoms with Crippen LogP contribution in [0, 0.1) is 11.8 Å². The molecule has 2 heterocycles. The van der Waals surface area contributed by atoms with E-state index in [4.69, 9.17) is 11.6 Å². The van der Waals surface area contributed by atoms with Crippen LogP contribution in [0.25, 0.3) is 11.0 Å². The summed E-state index contributed by atoms with van der Waals surface area (Å²) in [6.45, 7) is 3.88. The first-order valence-corrected chi connectivity index (χ1v) is 7.09. The van der Waals surface area contributed by atoms with Gasteiger partial charge in [0.1, 0.15) is 11.5 Å². The Morgan fingerprint density at radius 2 is 2.14 bits per heavy atom. The van der Waals surface area contributed by atoms with Crippen LogP contribution in [0.5, 0.6) is 0 Å². The Hall–Kier alpha value is -2.31. The molecule has 0 spiro atoms. The van der Waals surface area contributed by atoms with Crippen molar-refractivity contribution in [1.29, 1.82) is 0 Å². The molecule has 21 heavy (non-hydrogen) atoms. The third-order valence-electron chi connectivity index (χ3n) is 3.38. The van der Waals surface area contributed by atoms with Crippen LogP contribution < -0.4 is 0 Å². The zero-order valence-electron chi connectivity index (χ0n) is 11.8. The van der Waals surface area contributed by atoms with E-state index in [0.717, 1.165) is 33.1 Å². The molecular weight excluding hydrogens is 282 g/mol. The lowest BCUT2D eigenvalue weighted by atomic mass is 10.0. The Morgan fingerprint density at radius 3 is 2.90 bits per heavy atom. The lowest BCUT2D eigenvalue weighted by Gasteiger charge is -2.10. The van der Waals surface area contributed by atoms with Gasteiger partial charge in [-0.25, -0.2) is 9.97 Å². The van der Waals surface area contributed by atoms with Crippen molar-refractivity contribution in [1.82, 2.24) is 15.0 Å². The van der Waals surface area contributed by atoms with Crippen LogP contribution >= 0.6 is 11.6 Å². The second kappa shape index (κ2) is 5.59. The summed E-state index contributed by atoms with van der Waals surface area (Å²) in [4.78, 5) is 12.3. The summed E-state index contributed by atoms with van der Waals surface area (Å²) in [6, 6.07) is 9.74. The van der Waals surface area contributed by atoms with Crippen molar-refractivity contribution in [3.63, 3.8) is 0 Å². The minimum atomic E-state index is 0.0807. The lowest BCUT2D eigenvalue weighted by molar-refractivity contribution is 0.824. The van der Waals surface area contributed by atoms with Crippen molar-refractivity contribution in [2.45, 2.75) is 19.8 Å². The van der Waals surface area contributed by atoms with Gasteiger partial charge in [0.2, 0.25) is 0 Å². The molecule has 2 aromatic heterocycles. The van der Waals surface area contributed by atoms with Gasteiger partial charge in [0, 0.05) is 22.5 Å². The molecule has 0 saturated carbocycles. The molecule has 0 amide bonds. The number of hydrogen-bond donors (Lipinski definition) is 1. The highest BCUT2D eigenvalue weighted by Gasteiger charge is 2.13. The summed E-state index contributed by atoms with van der Waals surface area (Å²) >= 11 is 6.05. The SMILES string of the molecule is CC#Cc1cc2cnc([C@H](C)c3cccc(Cl)c3)nc2[nH]1. The van der Waals surface area contributed by atoms with Crippen LogP contribution in [0.4, 0.5) is 0 Å². The minimum Gasteiger partial charge on any atom is -0.333 e. The van der Waals surface area contributed by atoms with Gasteiger partial charge in [-0.1, -0.05) is 36.6 Å². The van der Waals surface area contributed by atoms with Crippen LogP contribution in [0.1, 0.15) is 36.8 Å². The maximum absolute atomic E-state index is 6.05. The standard InChI is InChI=1S/C17H14ClN3/c1-3-5-15-9-13-10-19-16(21-17(13)20-15)11(2)12-6-4-7-14(18)8-12/h4,6-11H,1-2H3,(H,19,20,21)/t11-/m1/s1. The summed E-state index contributed by atoms with van der Waals surface area (Å²) in [5.41, 5.74) is 2.77. The fraction of sp³-hybridized carbons (Fsp3) is 0.176. The zero-order chi connectivity index (χ0) is 14.8. The third kappa shape index (κ3) is 2.76. The Morgan fingerprint density at radius 1 is 1.29 bits per heavy atom. The summed E-state index contributed by atoms with van der Waals surface area (Å²) in [6.07, 6.45) is 1.83. The fourth-order valence-electron chi connectivity index (χ4n) is 2.27. The monoisotopic (exact) mass is 295 g/mol. The number of halogens is 1. The Labute approximate surface area is 128 Å². The molecule has 0 aliphatic heterocycles. The number of benzene rings is 1. The van der Waals surface area contributed by atoms with Crippen LogP contribution in [0.2, 0.25) is 5.02 Å². The van der Waals surface area contributed by atoms with E-state index in [1.807, 2.05) is 43.5 Å². The zero-order valence-corrected chi connectivity index (χ0v) is 12.6. The predicted octanol–water partition coefficient (Wildman–Crippen LogP) is 4.13. The van der Waals surface area contributed by atoms with Crippen molar-refractivity contribution < 1.29 is 0 Å². The average Bonchev–Trinajstić information content (AvgIpc) is 2.88. The smallest absolute Gasteiger partial charge is 0.142 e. The molecule has 104 valence electrons. The molecule has 0 unspecified atom stereocenters. The van der Waals surface area contributed by atoms with Crippen molar-refractivity contribution >= 4 is 22.6 Å². The molecule has 3 rings (SSSR count). The summed E-state index contributed by atoms with van der Waals surface area (Å²) < 4.78 is 0. The number of fused-ring (bicyclic) bond motifs is 1. The van der Waals surface area contributed by atoms with Crippen molar-refractivity contribution in [3.8, 4) is 11.8 Å². The number of nitrogens with zero attached hydrogens (tertiary/aromatic N) is 2. The Bertz CT molecular complexity index is 855. The first-order valence-electron chi connectivity index (χ1n) is 6.71. The Kier molecular flexibility index (Phi) is 3.64. The van der Waals surface area contributed by atoms with E-state index in [2.05, 4.69) is 33.7 Å². The van der Waals surface area contributed by atoms with Gasteiger partial charge in [-0.3, -0.25) is 0 Å². The molecule has 0 bridgehead atoms. The number of aromatic nitrogens is 3. The third-order valence-corrected chi connectivity index (χ3v) is 3.62. The van der Waals surface area contributed by atoms with Crippen LogP contribution in [-0.2, 0) is 0 Å². The normalized spacial score (nSPS) is 12.0. The van der Waals surface area contributed by atoms with Crippen molar-refractivity contribution in [2.75, 3.05) is 0 Å². The lowest BCUT2D eigenvalue weighted by Crippen LogP contribution is -2.02. The van der Waals surface area contributed by atoms with E-state index in [0.29, 0.717) is 0 Å². The number of rotatable bonds is 2. The van der Waals surface area contributed by atoms with E-state index in [1.54, 1.807) is 0 Å². The van der Waals surface area contributed by atoms with E-state index in [9.17, 15) is 0 Å². The quantitative estimate of drug-likeness (QED) is 0.722. The molecule has 0 radical (unpaired) electrons. The highest BCUT2D eigenvalue weighted by atomic mass is 35.5. The molecular formula is C17H14ClN3. The Balaban J connectivity index is 2.01. The predicted molar refractivity (Wildman–Crippen MR) is 85.4 cm³/mol. The van der Waals surface area contributed by atoms with E-state index < -0.39 is 0 Å². The molecule has 3 aromatic rings. The average molecular weight is 296 g/mol. The van der Waals surface area contributed by atoms with E-state index in [1.165, 1.54) is 0 Å². The largest absolute Gasteiger partial charge is 0.333 e. The highest BCUT2D eigenvalue weighted by Crippen LogP contribution is 2.24. The van der Waals surface area contributed by atoms with Gasteiger partial charge in [-0.15, -0.1) is 0 Å². The molecule has 0 aliphatic rings. The molecule has 1 N–H and O–H groups in total. The maximum Gasteiger partial charge on any atom is 0.142 e. The summed E-state index contributed by atoms with van der Waals surface area (Å²) in [7, 11) is 0. The molecule has 0 aliphatic carbocycles. The number of nitrogens with one attached hydrogen (secondary N) is 1. The second-order valence-corrected chi connectivity index (χ2v) is 5.30. The minimum absolute atomic E-state index is 0.0807. The van der Waals surface area contributed by atoms with Crippen LogP contribution in [0.3, 0.4) is 0 Å². The molecule has 0 saturated heterocycles. The number of aromatic amines is 1. The highest BCUT2D eigenvalue weighted by molar-refractivity contribution is 6.30. The van der Waals surface area contributed by atoms with Gasteiger partial charge < -0.3 is 4.98 Å². The van der Waals surface area contributed by atoms with E-state index >= 15 is 0 Å². The van der Waals surface area contributed by atoms with Gasteiger partial charge in [0.15, 0.2) is 0 Å². The molecule has 0 fully saturated rings. The van der Waals surface area contributed by atoms with Gasteiger partial charge >= 0.3 is 0 Å². The summed E-state index contributed by atoms with van der Waals surface area (Å²) in [5, 5.41) is 1.69. The number of H-pyrrole nitrogens is 1. The first-order chi connectivity index (χ1) is 10.2. The topological polar surface area (TPSA) is 41.6 Å². The molecule has 4 heteroatoms. The number of hydrogen-bond acceptors (Lipinski definition) is 2. The molecule has 1 atom stereocenters.